The largest absolute Gasteiger partial charge is 0.379 e. The number of morpholine rings is 1. The highest BCUT2D eigenvalue weighted by Gasteiger charge is 2.18. The lowest BCUT2D eigenvalue weighted by molar-refractivity contribution is -0.383. The molecule has 0 saturated carbocycles. The lowest BCUT2D eigenvalue weighted by atomic mass is 10.1. The first-order chi connectivity index (χ1) is 18.4. The summed E-state index contributed by atoms with van der Waals surface area (Å²) in [7, 11) is 0. The fraction of sp³-hybridized carbons (Fsp3) is 0.231. The number of hydrogen-bond donors (Lipinski definition) is 1. The van der Waals surface area contributed by atoms with Crippen molar-refractivity contribution in [1.82, 2.24) is 19.7 Å². The Morgan fingerprint density at radius 3 is 2.61 bits per heavy atom. The van der Waals surface area contributed by atoms with Crippen LogP contribution in [0.3, 0.4) is 0 Å². The van der Waals surface area contributed by atoms with Crippen molar-refractivity contribution in [3.05, 3.63) is 87.8 Å². The van der Waals surface area contributed by atoms with Crippen LogP contribution in [0.25, 0.3) is 22.3 Å². The molecule has 1 aliphatic rings. The number of anilines is 2. The van der Waals surface area contributed by atoms with Gasteiger partial charge in [0.25, 0.3) is 5.69 Å². The van der Waals surface area contributed by atoms with Gasteiger partial charge < -0.3 is 10.1 Å². The second-order valence-corrected chi connectivity index (χ2v) is 9.14. The zero-order valence-corrected chi connectivity index (χ0v) is 20.9. The summed E-state index contributed by atoms with van der Waals surface area (Å²) in [4.78, 5) is 17.9. The lowest BCUT2D eigenvalue weighted by Gasteiger charge is -2.26. The van der Waals surface area contributed by atoms with E-state index in [0.29, 0.717) is 17.7 Å². The number of nitro benzene ring substituents is 1. The SMILES string of the molecule is O=[N+]([O-])c1cc(-c2cnn(CCN3CCOCC3)c2)ccc1Nc1cc(-c2ccc(F)cc2F)cc(Cl)n1. The average Bonchev–Trinajstić information content (AvgIpc) is 3.37. The fourth-order valence-corrected chi connectivity index (χ4v) is 4.46. The topological polar surface area (TPSA) is 98.4 Å². The molecule has 0 unspecified atom stereocenters. The highest BCUT2D eigenvalue weighted by molar-refractivity contribution is 6.29. The Balaban J connectivity index is 1.36. The third-order valence-corrected chi connectivity index (χ3v) is 6.40. The first kappa shape index (κ1) is 25.7. The van der Waals surface area contributed by atoms with Crippen LogP contribution >= 0.6 is 11.6 Å². The number of benzene rings is 2. The number of rotatable bonds is 8. The zero-order valence-electron chi connectivity index (χ0n) is 20.1. The van der Waals surface area contributed by atoms with Crippen LogP contribution in [0.2, 0.25) is 5.15 Å². The molecule has 0 atom stereocenters. The van der Waals surface area contributed by atoms with E-state index in [1.54, 1.807) is 18.3 Å². The predicted octanol–water partition coefficient (Wildman–Crippen LogP) is 5.53. The number of hydrogen-bond acceptors (Lipinski definition) is 7. The second-order valence-electron chi connectivity index (χ2n) is 8.75. The van der Waals surface area contributed by atoms with Gasteiger partial charge in [-0.2, -0.15) is 5.10 Å². The second kappa shape index (κ2) is 11.2. The van der Waals surface area contributed by atoms with E-state index < -0.39 is 16.6 Å². The molecule has 196 valence electrons. The molecule has 1 saturated heterocycles. The van der Waals surface area contributed by atoms with Crippen molar-refractivity contribution >= 4 is 28.8 Å². The average molecular weight is 541 g/mol. The van der Waals surface area contributed by atoms with Gasteiger partial charge in [-0.3, -0.25) is 19.7 Å². The molecule has 9 nitrogen and oxygen atoms in total. The zero-order chi connectivity index (χ0) is 26.6. The molecule has 1 fully saturated rings. The van der Waals surface area contributed by atoms with Crippen molar-refractivity contribution in [1.29, 1.82) is 0 Å². The summed E-state index contributed by atoms with van der Waals surface area (Å²) in [5.74, 6) is -1.30. The Bertz CT molecular complexity index is 1480. The predicted molar refractivity (Wildman–Crippen MR) is 139 cm³/mol. The maximum atomic E-state index is 14.3. The summed E-state index contributed by atoms with van der Waals surface area (Å²) >= 11 is 6.13. The summed E-state index contributed by atoms with van der Waals surface area (Å²) in [6.45, 7) is 4.75. The molecule has 12 heteroatoms. The normalized spacial score (nSPS) is 14.0. The minimum absolute atomic E-state index is 0.0393. The molecule has 2 aromatic carbocycles. The van der Waals surface area contributed by atoms with E-state index in [4.69, 9.17) is 16.3 Å². The summed E-state index contributed by atoms with van der Waals surface area (Å²) < 4.78 is 34.8. The molecule has 5 rings (SSSR count). The molecular weight excluding hydrogens is 518 g/mol. The number of nitrogens with zero attached hydrogens (tertiary/aromatic N) is 5. The number of nitro groups is 1. The Morgan fingerprint density at radius 2 is 1.84 bits per heavy atom. The lowest BCUT2D eigenvalue weighted by Crippen LogP contribution is -2.38. The molecule has 4 aromatic rings. The van der Waals surface area contributed by atoms with Crippen LogP contribution < -0.4 is 5.32 Å². The smallest absolute Gasteiger partial charge is 0.293 e. The third kappa shape index (κ3) is 5.96. The standard InChI is InChI=1S/C26H23ClF2N6O3/c27-25-12-18(21-3-2-20(28)14-22(21)29)13-26(32-25)31-23-4-1-17(11-24(23)35(36)37)19-15-30-34(16-19)6-5-33-7-9-38-10-8-33/h1-4,11-16H,5-10H2,(H,31,32). The quantitative estimate of drug-likeness (QED) is 0.178. The van der Waals surface area contributed by atoms with E-state index in [-0.39, 0.29) is 27.9 Å². The summed E-state index contributed by atoms with van der Waals surface area (Å²) in [6, 6.07) is 10.9. The van der Waals surface area contributed by atoms with Crippen LogP contribution in [0.5, 0.6) is 0 Å². The van der Waals surface area contributed by atoms with Gasteiger partial charge in [0.2, 0.25) is 0 Å². The van der Waals surface area contributed by atoms with Gasteiger partial charge in [-0.15, -0.1) is 0 Å². The summed E-state index contributed by atoms with van der Waals surface area (Å²) in [5, 5.41) is 19.2. The van der Waals surface area contributed by atoms with Gasteiger partial charge in [0.15, 0.2) is 0 Å². The van der Waals surface area contributed by atoms with Gasteiger partial charge in [-0.25, -0.2) is 13.8 Å². The highest BCUT2D eigenvalue weighted by atomic mass is 35.5. The molecule has 3 heterocycles. The molecule has 0 aliphatic carbocycles. The number of pyridine rings is 1. The van der Waals surface area contributed by atoms with Crippen LogP contribution in [-0.2, 0) is 11.3 Å². The molecule has 1 aliphatic heterocycles. The van der Waals surface area contributed by atoms with Crippen molar-refractivity contribution in [2.75, 3.05) is 38.2 Å². The van der Waals surface area contributed by atoms with Gasteiger partial charge >= 0.3 is 0 Å². The number of halogens is 3. The van der Waals surface area contributed by atoms with E-state index in [1.807, 2.05) is 10.9 Å². The third-order valence-electron chi connectivity index (χ3n) is 6.21. The Kier molecular flexibility index (Phi) is 7.59. The van der Waals surface area contributed by atoms with Crippen LogP contribution in [-0.4, -0.2) is 57.4 Å². The molecule has 38 heavy (non-hydrogen) atoms. The monoisotopic (exact) mass is 540 g/mol. The van der Waals surface area contributed by atoms with Crippen molar-refractivity contribution in [3.8, 4) is 22.3 Å². The first-order valence-electron chi connectivity index (χ1n) is 11.9. The van der Waals surface area contributed by atoms with Gasteiger partial charge in [0.05, 0.1) is 30.9 Å². The van der Waals surface area contributed by atoms with Crippen molar-refractivity contribution in [3.63, 3.8) is 0 Å². The van der Waals surface area contributed by atoms with E-state index in [1.165, 1.54) is 24.3 Å². The summed E-state index contributed by atoms with van der Waals surface area (Å²) in [5.41, 5.74) is 1.84. The van der Waals surface area contributed by atoms with E-state index >= 15 is 0 Å². The van der Waals surface area contributed by atoms with Crippen molar-refractivity contribution in [2.24, 2.45) is 0 Å². The van der Waals surface area contributed by atoms with Crippen molar-refractivity contribution < 1.29 is 18.4 Å². The molecule has 0 bridgehead atoms. The molecule has 0 amide bonds. The van der Waals surface area contributed by atoms with E-state index in [2.05, 4.69) is 20.3 Å². The Hall–Kier alpha value is -3.93. The molecular formula is C26H23ClF2N6O3. The van der Waals surface area contributed by atoms with Crippen LogP contribution in [0.15, 0.2) is 60.9 Å². The van der Waals surface area contributed by atoms with Gasteiger partial charge in [-0.1, -0.05) is 17.7 Å². The maximum Gasteiger partial charge on any atom is 0.293 e. The maximum absolute atomic E-state index is 14.3. The van der Waals surface area contributed by atoms with Gasteiger partial charge in [-0.05, 0) is 41.5 Å². The van der Waals surface area contributed by atoms with Gasteiger partial charge in [0, 0.05) is 49.1 Å². The molecule has 1 N–H and O–H groups in total. The Morgan fingerprint density at radius 1 is 1.03 bits per heavy atom. The van der Waals surface area contributed by atoms with E-state index in [0.717, 1.165) is 50.5 Å². The van der Waals surface area contributed by atoms with Crippen molar-refractivity contribution in [2.45, 2.75) is 6.54 Å². The van der Waals surface area contributed by atoms with E-state index in [9.17, 15) is 18.9 Å². The fourth-order valence-electron chi connectivity index (χ4n) is 4.25. The Labute approximate surface area is 221 Å². The van der Waals surface area contributed by atoms with Crippen LogP contribution in [0, 0.1) is 21.7 Å². The summed E-state index contributed by atoms with van der Waals surface area (Å²) in [6.07, 6.45) is 3.53. The first-order valence-corrected chi connectivity index (χ1v) is 12.2. The minimum Gasteiger partial charge on any atom is -0.379 e. The van der Waals surface area contributed by atoms with Crippen LogP contribution in [0.4, 0.5) is 26.0 Å². The highest BCUT2D eigenvalue weighted by Crippen LogP contribution is 2.34. The molecule has 2 aromatic heterocycles. The molecule has 0 radical (unpaired) electrons. The number of aromatic nitrogens is 3. The van der Waals surface area contributed by atoms with Gasteiger partial charge in [0.1, 0.15) is 28.3 Å². The molecule has 0 spiro atoms. The number of nitrogens with one attached hydrogen (secondary N) is 1. The minimum atomic E-state index is -0.765. The number of ether oxygens (including phenoxy) is 1. The van der Waals surface area contributed by atoms with Crippen LogP contribution in [0.1, 0.15) is 0 Å².